The Hall–Kier alpha value is -10.7. The highest BCUT2D eigenvalue weighted by atomic mass is 14.9. The van der Waals surface area contributed by atoms with Crippen molar-refractivity contribution in [1.29, 1.82) is 10.5 Å². The lowest BCUT2D eigenvalue weighted by atomic mass is 9.87. The highest BCUT2D eigenvalue weighted by molar-refractivity contribution is 6.09. The molecular weight excluding hydrogens is 925 g/mol. The van der Waals surface area contributed by atoms with E-state index in [0.717, 1.165) is 132 Å². The molecule has 2 aromatic heterocycles. The van der Waals surface area contributed by atoms with E-state index in [1.54, 1.807) is 0 Å². The Kier molecular flexibility index (Phi) is 10.5. The Labute approximate surface area is 437 Å². The number of benzene rings is 12. The number of nitrogens with zero attached hydrogens (tertiary/aromatic N) is 6. The van der Waals surface area contributed by atoms with Crippen LogP contribution in [0.25, 0.3) is 143 Å². The summed E-state index contributed by atoms with van der Waals surface area (Å²) in [4.78, 5) is 20.1. The smallest absolute Gasteiger partial charge is 0.160 e. The number of para-hydroxylation sites is 1. The van der Waals surface area contributed by atoms with Crippen molar-refractivity contribution in [2.75, 3.05) is 0 Å². The third kappa shape index (κ3) is 7.65. The summed E-state index contributed by atoms with van der Waals surface area (Å²) in [6.07, 6.45) is 3.87. The molecule has 0 bridgehead atoms. The summed E-state index contributed by atoms with van der Waals surface area (Å²) in [5, 5.41) is 29.9. The van der Waals surface area contributed by atoms with Gasteiger partial charge in [0.15, 0.2) is 11.6 Å². The molecule has 0 spiro atoms. The summed E-state index contributed by atoms with van der Waals surface area (Å²) in [7, 11) is 0. The van der Waals surface area contributed by atoms with E-state index in [1.807, 2.05) is 73.1 Å². The van der Waals surface area contributed by atoms with Gasteiger partial charge in [0.05, 0.1) is 34.3 Å². The van der Waals surface area contributed by atoms with Gasteiger partial charge < -0.3 is 0 Å². The maximum absolute atomic E-state index is 9.75. The molecule has 12 aromatic carbocycles. The monoisotopic (exact) mass is 964 g/mol. The Bertz CT molecular complexity index is 4780. The number of nitriles is 2. The first-order valence-electron chi connectivity index (χ1n) is 25.2. The quantitative estimate of drug-likeness (QED) is 0.158. The van der Waals surface area contributed by atoms with E-state index < -0.39 is 0 Å². The van der Waals surface area contributed by atoms with Gasteiger partial charge in [0.25, 0.3) is 0 Å². The van der Waals surface area contributed by atoms with Gasteiger partial charge in [-0.1, -0.05) is 164 Å². The van der Waals surface area contributed by atoms with Gasteiger partial charge in [-0.05, 0) is 165 Å². The van der Waals surface area contributed by atoms with Crippen molar-refractivity contribution in [3.8, 4) is 90.5 Å². The van der Waals surface area contributed by atoms with Crippen LogP contribution in [-0.4, -0.2) is 19.9 Å². The maximum atomic E-state index is 9.75. The topological polar surface area (TPSA) is 99.1 Å². The number of hydrogen-bond acceptors (Lipinski definition) is 6. The molecule has 0 aliphatic heterocycles. The van der Waals surface area contributed by atoms with E-state index in [1.165, 1.54) is 0 Å². The molecular formula is C70H40N6. The molecule has 0 N–H and O–H groups in total. The van der Waals surface area contributed by atoms with Gasteiger partial charge in [-0.15, -0.1) is 0 Å². The number of fused-ring (bicyclic) bond motifs is 6. The molecule has 2 heterocycles. The Morgan fingerprint density at radius 2 is 0.763 bits per heavy atom. The molecule has 14 rings (SSSR count). The van der Waals surface area contributed by atoms with Crippen molar-refractivity contribution in [1.82, 2.24) is 19.9 Å². The number of hydrogen-bond donors (Lipinski definition) is 0. The third-order valence-corrected chi connectivity index (χ3v) is 14.8. The van der Waals surface area contributed by atoms with Crippen LogP contribution in [0.15, 0.2) is 243 Å². The average Bonchev–Trinajstić information content (AvgIpc) is 3.49. The lowest BCUT2D eigenvalue weighted by Gasteiger charge is -2.17. The average molecular weight is 965 g/mol. The van der Waals surface area contributed by atoms with Crippen molar-refractivity contribution in [3.63, 3.8) is 0 Å². The van der Waals surface area contributed by atoms with Crippen molar-refractivity contribution in [2.45, 2.75) is 0 Å². The molecule has 76 heavy (non-hydrogen) atoms. The minimum atomic E-state index is 0.616. The molecule has 0 radical (unpaired) electrons. The van der Waals surface area contributed by atoms with Gasteiger partial charge in [0.2, 0.25) is 0 Å². The first-order valence-corrected chi connectivity index (χ1v) is 25.2. The second-order valence-corrected chi connectivity index (χ2v) is 19.2. The van der Waals surface area contributed by atoms with Crippen LogP contribution >= 0.6 is 0 Å². The highest BCUT2D eigenvalue weighted by Gasteiger charge is 2.18. The fraction of sp³-hybridized carbons (Fsp3) is 0. The lowest BCUT2D eigenvalue weighted by molar-refractivity contribution is 1.23. The molecule has 0 amide bonds. The van der Waals surface area contributed by atoms with Crippen LogP contribution in [0.2, 0.25) is 0 Å². The molecule has 0 aliphatic carbocycles. The van der Waals surface area contributed by atoms with Crippen LogP contribution in [0.1, 0.15) is 11.1 Å². The molecule has 350 valence electrons. The van der Waals surface area contributed by atoms with Crippen LogP contribution < -0.4 is 0 Å². The van der Waals surface area contributed by atoms with Crippen molar-refractivity contribution < 1.29 is 0 Å². The molecule has 6 nitrogen and oxygen atoms in total. The van der Waals surface area contributed by atoms with Crippen molar-refractivity contribution in [3.05, 3.63) is 254 Å². The molecule has 0 saturated heterocycles. The zero-order valence-corrected chi connectivity index (χ0v) is 40.8. The summed E-state index contributed by atoms with van der Waals surface area (Å²) in [5.74, 6) is 1.36. The van der Waals surface area contributed by atoms with E-state index in [2.05, 4.69) is 182 Å². The van der Waals surface area contributed by atoms with E-state index in [4.69, 9.17) is 19.9 Å². The van der Waals surface area contributed by atoms with E-state index in [0.29, 0.717) is 22.8 Å². The van der Waals surface area contributed by atoms with Crippen LogP contribution in [0, 0.1) is 22.7 Å². The summed E-state index contributed by atoms with van der Waals surface area (Å²) in [6.45, 7) is 0. The molecule has 6 heteroatoms. The van der Waals surface area contributed by atoms with Gasteiger partial charge in [-0.2, -0.15) is 10.5 Å². The molecule has 0 aliphatic rings. The Morgan fingerprint density at radius 3 is 1.51 bits per heavy atom. The molecule has 0 atom stereocenters. The fourth-order valence-electron chi connectivity index (χ4n) is 11.0. The second kappa shape index (κ2) is 18.1. The Balaban J connectivity index is 0.837. The normalized spacial score (nSPS) is 11.4. The first kappa shape index (κ1) is 44.1. The fourth-order valence-corrected chi connectivity index (χ4v) is 11.0. The molecule has 0 fully saturated rings. The summed E-state index contributed by atoms with van der Waals surface area (Å²) in [6, 6.07) is 84.6. The van der Waals surface area contributed by atoms with Gasteiger partial charge >= 0.3 is 0 Å². The van der Waals surface area contributed by atoms with Crippen molar-refractivity contribution >= 4 is 64.9 Å². The third-order valence-electron chi connectivity index (χ3n) is 14.8. The summed E-state index contributed by atoms with van der Waals surface area (Å²) < 4.78 is 0. The summed E-state index contributed by atoms with van der Waals surface area (Å²) in [5.41, 5.74) is 15.8. The molecule has 0 unspecified atom stereocenters. The van der Waals surface area contributed by atoms with Crippen LogP contribution in [-0.2, 0) is 0 Å². The largest absolute Gasteiger partial charge is 0.236 e. The maximum Gasteiger partial charge on any atom is 0.160 e. The predicted molar refractivity (Wildman–Crippen MR) is 310 cm³/mol. The van der Waals surface area contributed by atoms with Gasteiger partial charge in [0, 0.05) is 34.3 Å². The highest BCUT2D eigenvalue weighted by Crippen LogP contribution is 2.43. The van der Waals surface area contributed by atoms with Gasteiger partial charge in [-0.3, -0.25) is 0 Å². The van der Waals surface area contributed by atoms with E-state index in [9.17, 15) is 10.5 Å². The number of aromatic nitrogens is 4. The first-order chi connectivity index (χ1) is 37.5. The van der Waals surface area contributed by atoms with Crippen LogP contribution in [0.3, 0.4) is 0 Å². The minimum absolute atomic E-state index is 0.616. The Morgan fingerprint density at radius 1 is 0.276 bits per heavy atom. The number of rotatable bonds is 7. The zero-order chi connectivity index (χ0) is 50.7. The van der Waals surface area contributed by atoms with Gasteiger partial charge in [-0.25, -0.2) is 19.9 Å². The molecule has 14 aromatic rings. The lowest BCUT2D eigenvalue weighted by Crippen LogP contribution is -1.94. The van der Waals surface area contributed by atoms with Crippen LogP contribution in [0.5, 0.6) is 0 Å². The zero-order valence-electron chi connectivity index (χ0n) is 40.8. The van der Waals surface area contributed by atoms with E-state index in [-0.39, 0.29) is 0 Å². The van der Waals surface area contributed by atoms with E-state index >= 15 is 0 Å². The van der Waals surface area contributed by atoms with Crippen molar-refractivity contribution in [2.24, 2.45) is 0 Å². The van der Waals surface area contributed by atoms with Crippen LogP contribution in [0.4, 0.5) is 0 Å². The summed E-state index contributed by atoms with van der Waals surface area (Å²) >= 11 is 0. The second-order valence-electron chi connectivity index (χ2n) is 19.2. The molecule has 0 saturated carbocycles. The standard InChI is InChI=1S/C70H40N6/c71-39-43-18-22-45(23-19-43)56-13-5-10-49-34-47(26-30-59(49)56)55-37-48-8-1-3-12-57(48)64(38-55)70-74-42-65-58(14-7-17-67(65)76-70)51-28-32-61-53(36-51)29-33-62(68(61)46-24-20-44(40-72)21-25-46)52-27-31-60-50(35-52)11-6-15-63(60)69-73-41-54-9-2-4-16-66(54)75-69/h1-38,41-42H. The van der Waals surface area contributed by atoms with Gasteiger partial charge in [0.1, 0.15) is 0 Å². The predicted octanol–water partition coefficient (Wildman–Crippen LogP) is 17.6. The SMILES string of the molecule is N#Cc1ccc(-c2cccc3cc(-c4cc(-c5ncc6c(-c7ccc8c(-c9ccc(C#N)cc9)c(-c9ccc%10c(-c%11ncc%12ccccc%12n%11)cccc%10c9)ccc8c7)cccc6n5)c5ccccc5c4)ccc23)cc1. The minimum Gasteiger partial charge on any atom is -0.236 e.